The van der Waals surface area contributed by atoms with Crippen LogP contribution in [-0.4, -0.2) is 22.9 Å². The fourth-order valence-corrected chi connectivity index (χ4v) is 3.63. The topological polar surface area (TPSA) is 42.4 Å². The van der Waals surface area contributed by atoms with Gasteiger partial charge < -0.3 is 9.84 Å². The number of fused-ring (bicyclic) bond motifs is 1. The van der Waals surface area contributed by atoms with E-state index in [9.17, 15) is 22.7 Å². The van der Waals surface area contributed by atoms with Crippen LogP contribution in [-0.2, 0) is 5.60 Å². The first-order valence-electron chi connectivity index (χ1n) is 9.49. The molecule has 0 saturated carbocycles. The van der Waals surface area contributed by atoms with Gasteiger partial charge in [0.1, 0.15) is 18.2 Å². The van der Waals surface area contributed by atoms with Crippen LogP contribution in [0.1, 0.15) is 5.56 Å². The fraction of sp³-hybridized carbons (Fsp3) is 0.125. The van der Waals surface area contributed by atoms with Crippen LogP contribution in [0.25, 0.3) is 22.0 Å². The first-order valence-corrected chi connectivity index (χ1v) is 10.3. The number of aliphatic hydroxyl groups is 1. The van der Waals surface area contributed by atoms with Gasteiger partial charge in [0.05, 0.1) is 5.69 Å². The third-order valence-corrected chi connectivity index (χ3v) is 5.55. The van der Waals surface area contributed by atoms with Gasteiger partial charge in [-0.3, -0.25) is 4.98 Å². The van der Waals surface area contributed by atoms with E-state index in [2.05, 4.69) is 20.9 Å². The zero-order valence-electron chi connectivity index (χ0n) is 16.4. The van der Waals surface area contributed by atoms with E-state index in [-0.39, 0.29) is 17.1 Å². The van der Waals surface area contributed by atoms with Gasteiger partial charge in [0.2, 0.25) is 5.60 Å². The van der Waals surface area contributed by atoms with Crippen LogP contribution in [0.4, 0.5) is 17.6 Å². The van der Waals surface area contributed by atoms with Crippen molar-refractivity contribution in [3.05, 3.63) is 94.8 Å². The zero-order valence-corrected chi connectivity index (χ0v) is 18.0. The van der Waals surface area contributed by atoms with E-state index in [1.54, 1.807) is 30.3 Å². The van der Waals surface area contributed by atoms with Crippen LogP contribution >= 0.6 is 15.9 Å². The Labute approximate surface area is 189 Å². The van der Waals surface area contributed by atoms with Gasteiger partial charge in [0.25, 0.3) is 0 Å². The first-order chi connectivity index (χ1) is 15.2. The largest absolute Gasteiger partial charge is 0.490 e. The Hall–Kier alpha value is -2.97. The summed E-state index contributed by atoms with van der Waals surface area (Å²) in [6, 6.07) is 17.7. The third kappa shape index (κ3) is 4.47. The number of aromatic nitrogens is 1. The number of hydrogen-bond donors (Lipinski definition) is 1. The molecule has 3 aromatic carbocycles. The van der Waals surface area contributed by atoms with Crippen LogP contribution in [0.5, 0.6) is 5.75 Å². The predicted molar refractivity (Wildman–Crippen MR) is 117 cm³/mol. The molecule has 8 heteroatoms. The predicted octanol–water partition coefficient (Wildman–Crippen LogP) is 6.63. The van der Waals surface area contributed by atoms with E-state index in [1.807, 2.05) is 0 Å². The quantitative estimate of drug-likeness (QED) is 0.309. The first kappa shape index (κ1) is 22.2. The standard InChI is InChI=1S/C24H16BrF4NO2/c25-19-2-1-3-21(12-19)32-14-23(31,24(27,28)29)18-7-4-16-11-22(30-13-17(16)10-18)15-5-8-20(26)9-6-15/h1-13,31H,14H2. The van der Waals surface area contributed by atoms with Crippen LogP contribution in [0.15, 0.2) is 83.5 Å². The number of rotatable bonds is 5. The fourth-order valence-electron chi connectivity index (χ4n) is 3.25. The summed E-state index contributed by atoms with van der Waals surface area (Å²) in [4.78, 5) is 4.27. The Bertz CT molecular complexity index is 1260. The molecule has 3 nitrogen and oxygen atoms in total. The van der Waals surface area contributed by atoms with Crippen molar-refractivity contribution in [2.45, 2.75) is 11.8 Å². The SMILES string of the molecule is OC(COc1cccc(Br)c1)(c1ccc2cc(-c3ccc(F)cc3)ncc2c1)C(F)(F)F. The number of nitrogens with zero attached hydrogens (tertiary/aromatic N) is 1. The van der Waals surface area contributed by atoms with E-state index in [0.29, 0.717) is 26.5 Å². The zero-order chi connectivity index (χ0) is 22.9. The van der Waals surface area contributed by atoms with Crippen molar-refractivity contribution in [2.24, 2.45) is 0 Å². The molecule has 1 N–H and O–H groups in total. The molecule has 1 aromatic heterocycles. The lowest BCUT2D eigenvalue weighted by atomic mass is 9.92. The lowest BCUT2D eigenvalue weighted by Gasteiger charge is -2.31. The molecule has 0 radical (unpaired) electrons. The van der Waals surface area contributed by atoms with Crippen molar-refractivity contribution in [2.75, 3.05) is 6.61 Å². The van der Waals surface area contributed by atoms with Crippen molar-refractivity contribution in [1.29, 1.82) is 0 Å². The van der Waals surface area contributed by atoms with Gasteiger partial charge in [-0.2, -0.15) is 13.2 Å². The van der Waals surface area contributed by atoms with Crippen molar-refractivity contribution in [3.63, 3.8) is 0 Å². The summed E-state index contributed by atoms with van der Waals surface area (Å²) >= 11 is 3.23. The molecule has 0 aliphatic heterocycles. The van der Waals surface area contributed by atoms with Crippen LogP contribution < -0.4 is 4.74 Å². The number of ether oxygens (including phenoxy) is 1. The van der Waals surface area contributed by atoms with Crippen molar-refractivity contribution < 1.29 is 27.4 Å². The summed E-state index contributed by atoms with van der Waals surface area (Å²) in [6.07, 6.45) is -3.56. The average molecular weight is 506 g/mol. The van der Waals surface area contributed by atoms with Crippen LogP contribution in [0.2, 0.25) is 0 Å². The summed E-state index contributed by atoms with van der Waals surface area (Å²) in [6.45, 7) is -1.01. The summed E-state index contributed by atoms with van der Waals surface area (Å²) in [5, 5.41) is 11.7. The maximum atomic E-state index is 13.9. The molecule has 32 heavy (non-hydrogen) atoms. The maximum absolute atomic E-state index is 13.9. The van der Waals surface area contributed by atoms with Crippen LogP contribution in [0.3, 0.4) is 0 Å². The molecule has 0 bridgehead atoms. The summed E-state index contributed by atoms with van der Waals surface area (Å²) in [5.74, 6) is -0.191. The van der Waals surface area contributed by atoms with Gasteiger partial charge in [-0.25, -0.2) is 4.39 Å². The molecule has 0 aliphatic carbocycles. The summed E-state index contributed by atoms with van der Waals surface area (Å²) in [5.41, 5.74) is -2.36. The van der Waals surface area contributed by atoms with Gasteiger partial charge in [-0.1, -0.05) is 34.1 Å². The third-order valence-electron chi connectivity index (χ3n) is 5.05. The molecule has 0 spiro atoms. The van der Waals surface area contributed by atoms with Crippen molar-refractivity contribution >= 4 is 26.7 Å². The Kier molecular flexibility index (Phi) is 5.92. The number of halogens is 5. The Morgan fingerprint density at radius 2 is 1.66 bits per heavy atom. The van der Waals surface area contributed by atoms with Gasteiger partial charge >= 0.3 is 6.18 Å². The highest BCUT2D eigenvalue weighted by Crippen LogP contribution is 2.40. The lowest BCUT2D eigenvalue weighted by molar-refractivity contribution is -0.275. The highest BCUT2D eigenvalue weighted by atomic mass is 79.9. The second-order valence-corrected chi connectivity index (χ2v) is 8.16. The molecule has 1 heterocycles. The highest BCUT2D eigenvalue weighted by Gasteiger charge is 2.56. The van der Waals surface area contributed by atoms with E-state index in [0.717, 1.165) is 0 Å². The van der Waals surface area contributed by atoms with Gasteiger partial charge in [-0.05, 0) is 65.5 Å². The van der Waals surface area contributed by atoms with E-state index in [4.69, 9.17) is 4.74 Å². The van der Waals surface area contributed by atoms with Crippen molar-refractivity contribution in [3.8, 4) is 17.0 Å². The molecule has 1 unspecified atom stereocenters. The second kappa shape index (κ2) is 8.52. The van der Waals surface area contributed by atoms with Crippen LogP contribution in [0, 0.1) is 5.82 Å². The molecule has 4 aromatic rings. The minimum absolute atomic E-state index is 0.188. The number of pyridine rings is 1. The molecule has 0 amide bonds. The molecule has 0 fully saturated rings. The van der Waals surface area contributed by atoms with Crippen molar-refractivity contribution in [1.82, 2.24) is 4.98 Å². The monoisotopic (exact) mass is 505 g/mol. The number of benzene rings is 3. The molecule has 164 valence electrons. The number of alkyl halides is 3. The van der Waals surface area contributed by atoms with Gasteiger partial charge in [0, 0.05) is 21.6 Å². The minimum atomic E-state index is -4.98. The maximum Gasteiger partial charge on any atom is 0.424 e. The molecule has 0 aliphatic rings. The van der Waals surface area contributed by atoms with Gasteiger partial charge in [0.15, 0.2) is 0 Å². The Balaban J connectivity index is 1.68. The second-order valence-electron chi connectivity index (χ2n) is 7.24. The summed E-state index contributed by atoms with van der Waals surface area (Å²) in [7, 11) is 0. The molecular weight excluding hydrogens is 490 g/mol. The molecule has 1 atom stereocenters. The van der Waals surface area contributed by atoms with E-state index < -0.39 is 18.4 Å². The highest BCUT2D eigenvalue weighted by molar-refractivity contribution is 9.10. The van der Waals surface area contributed by atoms with E-state index in [1.165, 1.54) is 48.7 Å². The smallest absolute Gasteiger partial charge is 0.424 e. The normalized spacial score (nSPS) is 13.7. The molecule has 0 saturated heterocycles. The van der Waals surface area contributed by atoms with Gasteiger partial charge in [-0.15, -0.1) is 0 Å². The van der Waals surface area contributed by atoms with E-state index >= 15 is 0 Å². The number of hydrogen-bond acceptors (Lipinski definition) is 3. The summed E-state index contributed by atoms with van der Waals surface area (Å²) < 4.78 is 60.8. The Morgan fingerprint density at radius 3 is 2.34 bits per heavy atom. The molecule has 4 rings (SSSR count). The average Bonchev–Trinajstić information content (AvgIpc) is 2.76. The minimum Gasteiger partial charge on any atom is -0.490 e. The Morgan fingerprint density at radius 1 is 0.906 bits per heavy atom. The molecular formula is C24H16BrF4NO2. The lowest BCUT2D eigenvalue weighted by Crippen LogP contribution is -2.47.